The van der Waals surface area contributed by atoms with E-state index < -0.39 is 0 Å². The molecule has 0 spiro atoms. The summed E-state index contributed by atoms with van der Waals surface area (Å²) in [5, 5.41) is 6.05. The van der Waals surface area contributed by atoms with Crippen LogP contribution in [0.25, 0.3) is 10.2 Å². The Morgan fingerprint density at radius 3 is 2.65 bits per heavy atom. The van der Waals surface area contributed by atoms with Gasteiger partial charge in [0.15, 0.2) is 11.5 Å². The van der Waals surface area contributed by atoms with Crippen LogP contribution >= 0.6 is 11.3 Å². The number of nitrogens with one attached hydrogen (secondary N) is 1. The minimum atomic E-state index is -0.137. The largest absolute Gasteiger partial charge is 0.493 e. The third kappa shape index (κ3) is 2.77. The first-order valence-corrected chi connectivity index (χ1v) is 8.16. The molecular weight excluding hydrogens is 312 g/mol. The second-order valence-electron chi connectivity index (χ2n) is 4.98. The molecule has 0 saturated carbocycles. The fraction of sp³-hybridized carbons (Fsp3) is 0.235. The number of rotatable bonds is 5. The lowest BCUT2D eigenvalue weighted by molar-refractivity contribution is 0.101. The summed E-state index contributed by atoms with van der Waals surface area (Å²) in [7, 11) is 3.15. The number of nitrogens with zero attached hydrogens (tertiary/aromatic N) is 1. The van der Waals surface area contributed by atoms with E-state index in [1.807, 2.05) is 29.0 Å². The second kappa shape index (κ2) is 6.34. The number of anilines is 1. The summed E-state index contributed by atoms with van der Waals surface area (Å²) in [6.07, 6.45) is 0. The standard InChI is InChI=1S/C17H18N2O3S/c1-4-19-13(9-11-7-8-23-17(11)19)16(20)18-12-5-6-14(21-2)15(10-12)22-3/h5-10H,4H2,1-3H3,(H,18,20). The van der Waals surface area contributed by atoms with Gasteiger partial charge in [0.05, 0.1) is 14.2 Å². The van der Waals surface area contributed by atoms with Crippen LogP contribution in [0, 0.1) is 0 Å². The lowest BCUT2D eigenvalue weighted by Crippen LogP contribution is -2.16. The van der Waals surface area contributed by atoms with Crippen LogP contribution in [0.1, 0.15) is 17.4 Å². The number of aryl methyl sites for hydroxylation is 1. The number of ether oxygens (including phenoxy) is 2. The topological polar surface area (TPSA) is 52.5 Å². The summed E-state index contributed by atoms with van der Waals surface area (Å²) in [6, 6.07) is 9.26. The minimum absolute atomic E-state index is 0.137. The van der Waals surface area contributed by atoms with Gasteiger partial charge in [0.2, 0.25) is 0 Å². The monoisotopic (exact) mass is 330 g/mol. The molecule has 3 aromatic rings. The maximum Gasteiger partial charge on any atom is 0.272 e. The van der Waals surface area contributed by atoms with Gasteiger partial charge in [-0.05, 0) is 36.6 Å². The molecule has 5 nitrogen and oxygen atoms in total. The van der Waals surface area contributed by atoms with Crippen molar-refractivity contribution in [2.24, 2.45) is 0 Å². The second-order valence-corrected chi connectivity index (χ2v) is 5.87. The van der Waals surface area contributed by atoms with E-state index in [1.165, 1.54) is 0 Å². The molecule has 0 fully saturated rings. The van der Waals surface area contributed by atoms with Crippen LogP contribution in [-0.4, -0.2) is 24.7 Å². The molecule has 120 valence electrons. The molecule has 1 amide bonds. The highest BCUT2D eigenvalue weighted by molar-refractivity contribution is 7.16. The number of methoxy groups -OCH3 is 2. The van der Waals surface area contributed by atoms with Crippen molar-refractivity contribution in [3.05, 3.63) is 41.4 Å². The Hall–Kier alpha value is -2.47. The van der Waals surface area contributed by atoms with Crippen LogP contribution in [0.4, 0.5) is 5.69 Å². The van der Waals surface area contributed by atoms with Crippen molar-refractivity contribution >= 4 is 33.1 Å². The molecule has 0 radical (unpaired) electrons. The predicted molar refractivity (Wildman–Crippen MR) is 93.0 cm³/mol. The molecule has 1 aromatic carbocycles. The third-order valence-electron chi connectivity index (χ3n) is 3.69. The Balaban J connectivity index is 1.90. The molecular formula is C17H18N2O3S. The fourth-order valence-electron chi connectivity index (χ4n) is 2.59. The Morgan fingerprint density at radius 1 is 1.17 bits per heavy atom. The van der Waals surface area contributed by atoms with Crippen LogP contribution < -0.4 is 14.8 Å². The molecule has 2 heterocycles. The summed E-state index contributed by atoms with van der Waals surface area (Å²) in [4.78, 5) is 13.7. The van der Waals surface area contributed by atoms with E-state index >= 15 is 0 Å². The molecule has 3 rings (SSSR count). The van der Waals surface area contributed by atoms with Crippen molar-refractivity contribution in [1.29, 1.82) is 0 Å². The van der Waals surface area contributed by atoms with E-state index in [-0.39, 0.29) is 5.91 Å². The summed E-state index contributed by atoms with van der Waals surface area (Å²) in [6.45, 7) is 2.78. The molecule has 0 bridgehead atoms. The quantitative estimate of drug-likeness (QED) is 0.769. The van der Waals surface area contributed by atoms with E-state index in [9.17, 15) is 4.79 Å². The number of thiophene rings is 1. The van der Waals surface area contributed by atoms with Gasteiger partial charge in [0, 0.05) is 23.7 Å². The van der Waals surface area contributed by atoms with Crippen LogP contribution in [0.3, 0.4) is 0 Å². The predicted octanol–water partition coefficient (Wildman–Crippen LogP) is 3.99. The molecule has 0 unspecified atom stereocenters. The molecule has 0 saturated heterocycles. The SMILES string of the molecule is CCn1c(C(=O)Nc2ccc(OC)c(OC)c2)cc2ccsc21. The van der Waals surface area contributed by atoms with Crippen molar-refractivity contribution in [2.45, 2.75) is 13.5 Å². The van der Waals surface area contributed by atoms with Gasteiger partial charge in [-0.2, -0.15) is 0 Å². The Labute approximate surface area is 138 Å². The van der Waals surface area contributed by atoms with Gasteiger partial charge in [-0.3, -0.25) is 4.79 Å². The smallest absolute Gasteiger partial charge is 0.272 e. The van der Waals surface area contributed by atoms with Crippen LogP contribution in [0.5, 0.6) is 11.5 Å². The van der Waals surface area contributed by atoms with E-state index in [0.29, 0.717) is 22.9 Å². The maximum atomic E-state index is 12.6. The summed E-state index contributed by atoms with van der Waals surface area (Å²) in [5.41, 5.74) is 1.32. The first-order chi connectivity index (χ1) is 11.2. The van der Waals surface area contributed by atoms with Gasteiger partial charge < -0.3 is 19.4 Å². The number of carbonyl (C=O) groups is 1. The van der Waals surface area contributed by atoms with E-state index in [0.717, 1.165) is 16.8 Å². The average Bonchev–Trinajstić information content (AvgIpc) is 3.15. The molecule has 2 aromatic heterocycles. The van der Waals surface area contributed by atoms with Gasteiger partial charge in [0.25, 0.3) is 5.91 Å². The molecule has 6 heteroatoms. The minimum Gasteiger partial charge on any atom is -0.493 e. The lowest BCUT2D eigenvalue weighted by atomic mass is 10.2. The van der Waals surface area contributed by atoms with Crippen molar-refractivity contribution in [3.8, 4) is 11.5 Å². The molecule has 1 N–H and O–H groups in total. The van der Waals surface area contributed by atoms with Gasteiger partial charge in [0.1, 0.15) is 10.5 Å². The van der Waals surface area contributed by atoms with Gasteiger partial charge in [-0.15, -0.1) is 11.3 Å². The number of hydrogen-bond acceptors (Lipinski definition) is 4. The van der Waals surface area contributed by atoms with Gasteiger partial charge >= 0.3 is 0 Å². The number of benzene rings is 1. The average molecular weight is 330 g/mol. The highest BCUT2D eigenvalue weighted by Crippen LogP contribution is 2.30. The first-order valence-electron chi connectivity index (χ1n) is 7.28. The Bertz CT molecular complexity index is 851. The van der Waals surface area contributed by atoms with Crippen LogP contribution in [0.2, 0.25) is 0 Å². The summed E-state index contributed by atoms with van der Waals surface area (Å²) in [5.74, 6) is 1.07. The first kappa shape index (κ1) is 15.4. The van der Waals surface area contributed by atoms with Crippen molar-refractivity contribution in [2.75, 3.05) is 19.5 Å². The van der Waals surface area contributed by atoms with Crippen molar-refractivity contribution < 1.29 is 14.3 Å². The van der Waals surface area contributed by atoms with E-state index in [2.05, 4.69) is 5.32 Å². The molecule has 0 aliphatic carbocycles. The summed E-state index contributed by atoms with van der Waals surface area (Å²) < 4.78 is 12.5. The zero-order chi connectivity index (χ0) is 16.4. The van der Waals surface area contributed by atoms with Gasteiger partial charge in [-0.1, -0.05) is 0 Å². The Morgan fingerprint density at radius 2 is 1.96 bits per heavy atom. The van der Waals surface area contributed by atoms with E-state index in [4.69, 9.17) is 9.47 Å². The number of carbonyl (C=O) groups excluding carboxylic acids is 1. The Kier molecular flexibility index (Phi) is 4.25. The normalized spacial score (nSPS) is 10.7. The van der Waals surface area contributed by atoms with E-state index in [1.54, 1.807) is 43.8 Å². The van der Waals surface area contributed by atoms with Crippen LogP contribution in [0.15, 0.2) is 35.7 Å². The van der Waals surface area contributed by atoms with Gasteiger partial charge in [-0.25, -0.2) is 0 Å². The highest BCUT2D eigenvalue weighted by Gasteiger charge is 2.16. The zero-order valence-corrected chi connectivity index (χ0v) is 14.1. The number of fused-ring (bicyclic) bond motifs is 1. The number of aromatic nitrogens is 1. The number of hydrogen-bond donors (Lipinski definition) is 1. The van der Waals surface area contributed by atoms with Crippen molar-refractivity contribution in [1.82, 2.24) is 4.57 Å². The fourth-order valence-corrected chi connectivity index (χ4v) is 3.55. The number of amides is 1. The lowest BCUT2D eigenvalue weighted by Gasteiger charge is -2.11. The highest BCUT2D eigenvalue weighted by atomic mass is 32.1. The zero-order valence-electron chi connectivity index (χ0n) is 13.3. The van der Waals surface area contributed by atoms with Crippen LogP contribution in [-0.2, 0) is 6.54 Å². The molecule has 0 aliphatic heterocycles. The maximum absolute atomic E-state index is 12.6. The molecule has 0 aliphatic rings. The molecule has 0 atom stereocenters. The summed E-state index contributed by atoms with van der Waals surface area (Å²) >= 11 is 1.64. The third-order valence-corrected chi connectivity index (χ3v) is 4.64. The van der Waals surface area contributed by atoms with Crippen molar-refractivity contribution in [3.63, 3.8) is 0 Å². The molecule has 23 heavy (non-hydrogen) atoms.